The van der Waals surface area contributed by atoms with Gasteiger partial charge < -0.3 is 15.2 Å². The van der Waals surface area contributed by atoms with Gasteiger partial charge in [-0.2, -0.15) is 4.98 Å². The van der Waals surface area contributed by atoms with E-state index >= 15 is 0 Å². The molecule has 1 fully saturated rings. The van der Waals surface area contributed by atoms with Crippen LogP contribution < -0.4 is 15.2 Å². The number of aryl methyl sites for hydroxylation is 1. The Bertz CT molecular complexity index is 657. The van der Waals surface area contributed by atoms with E-state index in [2.05, 4.69) is 4.98 Å². The summed E-state index contributed by atoms with van der Waals surface area (Å²) >= 11 is 5.99. The number of ether oxygens (including phenoxy) is 2. The highest BCUT2D eigenvalue weighted by Crippen LogP contribution is 2.32. The molecule has 2 aromatic rings. The average molecular weight is 305 g/mol. The van der Waals surface area contributed by atoms with Crippen LogP contribution in [0, 0.1) is 12.8 Å². The Morgan fingerprint density at radius 1 is 1.29 bits per heavy atom. The first kappa shape index (κ1) is 14.0. The first-order valence-corrected chi connectivity index (χ1v) is 7.33. The molecule has 0 bridgehead atoms. The number of nitrogens with zero attached hydrogens (tertiary/aromatic N) is 1. The lowest BCUT2D eigenvalue weighted by atomic mass is 10.2. The highest BCUT2D eigenvalue weighted by Gasteiger charge is 2.22. The van der Waals surface area contributed by atoms with Gasteiger partial charge in [0.15, 0.2) is 0 Å². The molecular weight excluding hydrogens is 288 g/mol. The molecule has 0 amide bonds. The van der Waals surface area contributed by atoms with Crippen molar-refractivity contribution in [3.8, 4) is 17.5 Å². The monoisotopic (exact) mass is 304 g/mol. The van der Waals surface area contributed by atoms with Gasteiger partial charge in [-0.25, -0.2) is 0 Å². The van der Waals surface area contributed by atoms with Crippen molar-refractivity contribution >= 4 is 17.3 Å². The van der Waals surface area contributed by atoms with Gasteiger partial charge in [0.1, 0.15) is 5.75 Å². The molecule has 1 aliphatic carbocycles. The van der Waals surface area contributed by atoms with Crippen LogP contribution in [0.15, 0.2) is 30.3 Å². The van der Waals surface area contributed by atoms with Gasteiger partial charge in [0.2, 0.25) is 11.8 Å². The molecule has 1 saturated carbocycles. The minimum Gasteiger partial charge on any atom is -0.476 e. The zero-order valence-electron chi connectivity index (χ0n) is 11.8. The maximum atomic E-state index is 5.99. The number of aromatic nitrogens is 1. The summed E-state index contributed by atoms with van der Waals surface area (Å²) in [5.74, 6) is 2.19. The molecule has 1 aliphatic rings. The molecule has 0 unspecified atom stereocenters. The van der Waals surface area contributed by atoms with Gasteiger partial charge in [-0.1, -0.05) is 17.7 Å². The molecule has 5 heteroatoms. The predicted molar refractivity (Wildman–Crippen MR) is 83.1 cm³/mol. The van der Waals surface area contributed by atoms with Crippen LogP contribution in [0.2, 0.25) is 5.02 Å². The van der Waals surface area contributed by atoms with Crippen LogP contribution >= 0.6 is 11.6 Å². The molecule has 0 atom stereocenters. The highest BCUT2D eigenvalue weighted by atomic mass is 35.5. The van der Waals surface area contributed by atoms with Gasteiger partial charge in [0.05, 0.1) is 12.3 Å². The Kier molecular flexibility index (Phi) is 3.88. The van der Waals surface area contributed by atoms with Gasteiger partial charge >= 0.3 is 0 Å². The second-order valence-electron chi connectivity index (χ2n) is 5.31. The standard InChI is InChI=1S/C16H17ClN2O2/c1-10-2-5-12(17)8-14(10)21-15-7-6-13(18)16(19-15)20-9-11-3-4-11/h2,5-8,11H,3-4,9,18H2,1H3. The van der Waals surface area contributed by atoms with Crippen molar-refractivity contribution in [2.45, 2.75) is 19.8 Å². The minimum absolute atomic E-state index is 0.430. The Morgan fingerprint density at radius 2 is 2.10 bits per heavy atom. The zero-order valence-corrected chi connectivity index (χ0v) is 12.6. The molecular formula is C16H17ClN2O2. The van der Waals surface area contributed by atoms with Crippen molar-refractivity contribution in [3.05, 3.63) is 40.9 Å². The Hall–Kier alpha value is -1.94. The Balaban J connectivity index is 1.78. The molecule has 0 radical (unpaired) electrons. The fourth-order valence-electron chi connectivity index (χ4n) is 1.88. The van der Waals surface area contributed by atoms with Crippen molar-refractivity contribution in [1.82, 2.24) is 4.98 Å². The van der Waals surface area contributed by atoms with Gasteiger partial charge in [-0.15, -0.1) is 0 Å². The summed E-state index contributed by atoms with van der Waals surface area (Å²) < 4.78 is 11.4. The zero-order chi connectivity index (χ0) is 14.8. The van der Waals surface area contributed by atoms with Crippen LogP contribution in [-0.4, -0.2) is 11.6 Å². The summed E-state index contributed by atoms with van der Waals surface area (Å²) in [6.07, 6.45) is 2.44. The number of nitrogens with two attached hydrogens (primary N) is 1. The van der Waals surface area contributed by atoms with Crippen LogP contribution in [0.4, 0.5) is 5.69 Å². The molecule has 21 heavy (non-hydrogen) atoms. The molecule has 0 spiro atoms. The van der Waals surface area contributed by atoms with E-state index in [0.29, 0.717) is 40.7 Å². The quantitative estimate of drug-likeness (QED) is 0.899. The number of pyridine rings is 1. The van der Waals surface area contributed by atoms with E-state index in [0.717, 1.165) is 5.56 Å². The number of halogens is 1. The summed E-state index contributed by atoms with van der Waals surface area (Å²) in [6.45, 7) is 2.62. The first-order chi connectivity index (χ1) is 10.1. The molecule has 2 N–H and O–H groups in total. The third-order valence-corrected chi connectivity index (χ3v) is 3.62. The third-order valence-electron chi connectivity index (χ3n) is 3.38. The second kappa shape index (κ2) is 5.82. The van der Waals surface area contributed by atoms with Crippen LogP contribution in [-0.2, 0) is 0 Å². The van der Waals surface area contributed by atoms with Crippen molar-refractivity contribution in [1.29, 1.82) is 0 Å². The molecule has 0 aliphatic heterocycles. The lowest BCUT2D eigenvalue weighted by molar-refractivity contribution is 0.286. The van der Waals surface area contributed by atoms with Gasteiger partial charge in [-0.3, -0.25) is 0 Å². The Morgan fingerprint density at radius 3 is 2.86 bits per heavy atom. The SMILES string of the molecule is Cc1ccc(Cl)cc1Oc1ccc(N)c(OCC2CC2)n1. The van der Waals surface area contributed by atoms with Crippen LogP contribution in [0.25, 0.3) is 0 Å². The lowest BCUT2D eigenvalue weighted by Gasteiger charge is -2.11. The molecule has 1 aromatic carbocycles. The van der Waals surface area contributed by atoms with E-state index < -0.39 is 0 Å². The summed E-state index contributed by atoms with van der Waals surface area (Å²) in [6, 6.07) is 8.95. The summed E-state index contributed by atoms with van der Waals surface area (Å²) in [4.78, 5) is 4.33. The van der Waals surface area contributed by atoms with Crippen molar-refractivity contribution in [3.63, 3.8) is 0 Å². The van der Waals surface area contributed by atoms with E-state index in [9.17, 15) is 0 Å². The number of hydrogen-bond acceptors (Lipinski definition) is 4. The van der Waals surface area contributed by atoms with Crippen LogP contribution in [0.5, 0.6) is 17.5 Å². The minimum atomic E-state index is 0.430. The van der Waals surface area contributed by atoms with E-state index in [1.54, 1.807) is 18.2 Å². The van der Waals surface area contributed by atoms with Gasteiger partial charge in [0, 0.05) is 11.1 Å². The number of anilines is 1. The number of hydrogen-bond donors (Lipinski definition) is 1. The molecule has 110 valence electrons. The molecule has 3 rings (SSSR count). The van der Waals surface area contributed by atoms with Gasteiger partial charge in [-0.05, 0) is 49.4 Å². The van der Waals surface area contributed by atoms with E-state index in [1.807, 2.05) is 19.1 Å². The van der Waals surface area contributed by atoms with Crippen molar-refractivity contribution in [2.75, 3.05) is 12.3 Å². The highest BCUT2D eigenvalue weighted by molar-refractivity contribution is 6.30. The predicted octanol–water partition coefficient (Wildman–Crippen LogP) is 4.21. The normalized spacial score (nSPS) is 14.0. The lowest BCUT2D eigenvalue weighted by Crippen LogP contribution is -2.04. The fraction of sp³-hybridized carbons (Fsp3) is 0.312. The number of nitrogen functional groups attached to an aromatic ring is 1. The second-order valence-corrected chi connectivity index (χ2v) is 5.75. The maximum absolute atomic E-state index is 5.99. The average Bonchev–Trinajstić information content (AvgIpc) is 3.27. The topological polar surface area (TPSA) is 57.4 Å². The van der Waals surface area contributed by atoms with E-state index in [-0.39, 0.29) is 0 Å². The van der Waals surface area contributed by atoms with Crippen molar-refractivity contribution < 1.29 is 9.47 Å². The largest absolute Gasteiger partial charge is 0.476 e. The smallest absolute Gasteiger partial charge is 0.240 e. The molecule has 4 nitrogen and oxygen atoms in total. The number of benzene rings is 1. The summed E-state index contributed by atoms with van der Waals surface area (Å²) in [7, 11) is 0. The molecule has 1 aromatic heterocycles. The van der Waals surface area contributed by atoms with Crippen molar-refractivity contribution in [2.24, 2.45) is 5.92 Å². The van der Waals surface area contributed by atoms with Gasteiger partial charge in [0.25, 0.3) is 0 Å². The molecule has 0 saturated heterocycles. The van der Waals surface area contributed by atoms with Crippen LogP contribution in [0.1, 0.15) is 18.4 Å². The number of rotatable bonds is 5. The first-order valence-electron chi connectivity index (χ1n) is 6.95. The fourth-order valence-corrected chi connectivity index (χ4v) is 2.05. The van der Waals surface area contributed by atoms with E-state index in [1.165, 1.54) is 12.8 Å². The third kappa shape index (κ3) is 3.58. The Labute approximate surface area is 128 Å². The summed E-state index contributed by atoms with van der Waals surface area (Å²) in [5, 5.41) is 0.622. The maximum Gasteiger partial charge on any atom is 0.240 e. The van der Waals surface area contributed by atoms with Crippen LogP contribution in [0.3, 0.4) is 0 Å². The summed E-state index contributed by atoms with van der Waals surface area (Å²) in [5.41, 5.74) is 7.38. The molecule has 1 heterocycles. The van der Waals surface area contributed by atoms with E-state index in [4.69, 9.17) is 26.8 Å².